The van der Waals surface area contributed by atoms with Crippen LogP contribution in [0.25, 0.3) is 0 Å². The number of rotatable bonds is 2. The number of halogens is 1. The van der Waals surface area contributed by atoms with Gasteiger partial charge < -0.3 is 4.74 Å². The molecular formula is C11H12FN3O2. The van der Waals surface area contributed by atoms with Gasteiger partial charge in [-0.15, -0.1) is 0 Å². The van der Waals surface area contributed by atoms with Crippen molar-refractivity contribution in [2.45, 2.75) is 25.8 Å². The third kappa shape index (κ3) is 1.83. The number of cyclic esters (lactones) is 1. The Morgan fingerprint density at radius 3 is 2.88 bits per heavy atom. The molecule has 1 saturated carbocycles. The molecule has 0 bridgehead atoms. The minimum atomic E-state index is -0.811. The SMILES string of the molecule is Cc1cc(N2C(=O)OC[C@@H]2C2CC2)nc(F)n1. The summed E-state index contributed by atoms with van der Waals surface area (Å²) in [5.74, 6) is 0.759. The normalized spacial score (nSPS) is 24.0. The second-order valence-corrected chi connectivity index (χ2v) is 4.49. The molecule has 0 spiro atoms. The van der Waals surface area contributed by atoms with E-state index in [1.807, 2.05) is 0 Å². The van der Waals surface area contributed by atoms with Gasteiger partial charge >= 0.3 is 12.2 Å². The Bertz CT molecular complexity index is 456. The predicted octanol–water partition coefficient (Wildman–Crippen LogP) is 1.66. The van der Waals surface area contributed by atoms with Crippen molar-refractivity contribution < 1.29 is 13.9 Å². The summed E-state index contributed by atoms with van der Waals surface area (Å²) in [6, 6.07) is 1.60. The van der Waals surface area contributed by atoms with Gasteiger partial charge in [-0.2, -0.15) is 9.37 Å². The second kappa shape index (κ2) is 3.65. The monoisotopic (exact) mass is 237 g/mol. The summed E-state index contributed by atoms with van der Waals surface area (Å²) in [5.41, 5.74) is 0.502. The van der Waals surface area contributed by atoms with Crippen molar-refractivity contribution in [3.63, 3.8) is 0 Å². The number of anilines is 1. The van der Waals surface area contributed by atoms with E-state index in [1.165, 1.54) is 4.90 Å². The molecule has 0 aromatic carbocycles. The van der Waals surface area contributed by atoms with Crippen LogP contribution in [0.1, 0.15) is 18.5 Å². The molecule has 1 aromatic rings. The Kier molecular flexibility index (Phi) is 2.24. The molecular weight excluding hydrogens is 225 g/mol. The smallest absolute Gasteiger partial charge is 0.415 e. The fourth-order valence-corrected chi connectivity index (χ4v) is 2.17. The van der Waals surface area contributed by atoms with Crippen molar-refractivity contribution in [1.29, 1.82) is 0 Å². The van der Waals surface area contributed by atoms with Crippen LogP contribution < -0.4 is 4.90 Å². The molecule has 1 aliphatic carbocycles. The van der Waals surface area contributed by atoms with Gasteiger partial charge in [0.25, 0.3) is 0 Å². The first-order valence-corrected chi connectivity index (χ1v) is 5.62. The lowest BCUT2D eigenvalue weighted by atomic mass is 10.2. The molecule has 17 heavy (non-hydrogen) atoms. The molecule has 2 fully saturated rings. The minimum absolute atomic E-state index is 0.00352. The molecule has 1 saturated heterocycles. The number of aryl methyl sites for hydroxylation is 1. The lowest BCUT2D eigenvalue weighted by Crippen LogP contribution is -2.36. The van der Waals surface area contributed by atoms with Crippen molar-refractivity contribution >= 4 is 11.9 Å². The standard InChI is InChI=1S/C11H12FN3O2/c1-6-4-9(14-10(12)13-6)15-8(7-2-3-7)5-17-11(15)16/h4,7-8H,2-3,5H2,1H3/t8-/m1/s1. The number of nitrogens with zero attached hydrogens (tertiary/aromatic N) is 3. The predicted molar refractivity (Wildman–Crippen MR) is 57.1 cm³/mol. The van der Waals surface area contributed by atoms with E-state index in [-0.39, 0.29) is 6.04 Å². The molecule has 2 heterocycles. The number of ether oxygens (including phenoxy) is 1. The van der Waals surface area contributed by atoms with Crippen molar-refractivity contribution in [2.24, 2.45) is 5.92 Å². The topological polar surface area (TPSA) is 55.3 Å². The van der Waals surface area contributed by atoms with Crippen LogP contribution in [0.2, 0.25) is 0 Å². The van der Waals surface area contributed by atoms with Gasteiger partial charge in [-0.25, -0.2) is 9.78 Å². The van der Waals surface area contributed by atoms with Crippen LogP contribution in [0, 0.1) is 18.9 Å². The summed E-state index contributed by atoms with van der Waals surface area (Å²) in [6.45, 7) is 2.04. The largest absolute Gasteiger partial charge is 0.447 e. The van der Waals surface area contributed by atoms with Crippen molar-refractivity contribution in [2.75, 3.05) is 11.5 Å². The quantitative estimate of drug-likeness (QED) is 0.734. The highest BCUT2D eigenvalue weighted by molar-refractivity contribution is 5.89. The van der Waals surface area contributed by atoms with Gasteiger partial charge in [0, 0.05) is 11.8 Å². The number of carbonyl (C=O) groups is 1. The van der Waals surface area contributed by atoms with Gasteiger partial charge in [0.05, 0.1) is 6.04 Å². The number of aromatic nitrogens is 2. The third-order valence-corrected chi connectivity index (χ3v) is 3.13. The Hall–Kier alpha value is -1.72. The van der Waals surface area contributed by atoms with E-state index in [9.17, 15) is 9.18 Å². The minimum Gasteiger partial charge on any atom is -0.447 e. The molecule has 3 rings (SSSR count). The van der Waals surface area contributed by atoms with E-state index in [2.05, 4.69) is 9.97 Å². The first-order valence-electron chi connectivity index (χ1n) is 5.62. The van der Waals surface area contributed by atoms with Gasteiger partial charge in [0.15, 0.2) is 0 Å². The average Bonchev–Trinajstić information content (AvgIpc) is 3.01. The first kappa shape index (κ1) is 10.4. The van der Waals surface area contributed by atoms with Crippen LogP contribution in [0.4, 0.5) is 15.0 Å². The molecule has 0 N–H and O–H groups in total. The fourth-order valence-electron chi connectivity index (χ4n) is 2.17. The number of amides is 1. The lowest BCUT2D eigenvalue weighted by Gasteiger charge is -2.19. The van der Waals surface area contributed by atoms with Gasteiger partial charge in [-0.1, -0.05) is 0 Å². The summed E-state index contributed by atoms with van der Waals surface area (Å²) in [4.78, 5) is 20.3. The molecule has 1 amide bonds. The number of carbonyl (C=O) groups excluding carboxylic acids is 1. The van der Waals surface area contributed by atoms with Crippen LogP contribution in [-0.4, -0.2) is 28.7 Å². The zero-order valence-corrected chi connectivity index (χ0v) is 9.39. The van der Waals surface area contributed by atoms with Gasteiger partial charge in [0.1, 0.15) is 12.4 Å². The van der Waals surface area contributed by atoms with Crippen LogP contribution >= 0.6 is 0 Å². The summed E-state index contributed by atoms with van der Waals surface area (Å²) in [5, 5.41) is 0. The summed E-state index contributed by atoms with van der Waals surface area (Å²) >= 11 is 0. The summed E-state index contributed by atoms with van der Waals surface area (Å²) in [6.07, 6.45) is 0.919. The molecule has 90 valence electrons. The van der Waals surface area contributed by atoms with Crippen molar-refractivity contribution in [1.82, 2.24) is 9.97 Å². The lowest BCUT2D eigenvalue weighted by molar-refractivity contribution is 0.178. The van der Waals surface area contributed by atoms with Crippen LogP contribution in [-0.2, 0) is 4.74 Å². The Labute approximate surface area is 97.6 Å². The van der Waals surface area contributed by atoms with E-state index in [0.29, 0.717) is 24.0 Å². The van der Waals surface area contributed by atoms with Crippen LogP contribution in [0.15, 0.2) is 6.07 Å². The van der Waals surface area contributed by atoms with Crippen LogP contribution in [0.5, 0.6) is 0 Å². The summed E-state index contributed by atoms with van der Waals surface area (Å²) < 4.78 is 18.2. The maximum atomic E-state index is 13.2. The Morgan fingerprint density at radius 1 is 1.47 bits per heavy atom. The van der Waals surface area contributed by atoms with Gasteiger partial charge in [-0.05, 0) is 25.7 Å². The molecule has 1 aromatic heterocycles. The van der Waals surface area contributed by atoms with Gasteiger partial charge in [0.2, 0.25) is 0 Å². The summed E-state index contributed by atoms with van der Waals surface area (Å²) in [7, 11) is 0. The molecule has 0 radical (unpaired) electrons. The van der Waals surface area contributed by atoms with E-state index in [1.54, 1.807) is 13.0 Å². The maximum Gasteiger partial charge on any atom is 0.415 e. The van der Waals surface area contributed by atoms with E-state index >= 15 is 0 Å². The number of hydrogen-bond donors (Lipinski definition) is 0. The maximum absolute atomic E-state index is 13.2. The fraction of sp³-hybridized carbons (Fsp3) is 0.545. The van der Waals surface area contributed by atoms with E-state index < -0.39 is 12.2 Å². The molecule has 0 unspecified atom stereocenters. The van der Waals surface area contributed by atoms with E-state index in [0.717, 1.165) is 12.8 Å². The zero-order chi connectivity index (χ0) is 12.0. The third-order valence-electron chi connectivity index (χ3n) is 3.13. The highest BCUT2D eigenvalue weighted by atomic mass is 19.1. The Balaban J connectivity index is 1.97. The van der Waals surface area contributed by atoms with E-state index in [4.69, 9.17) is 4.74 Å². The molecule has 5 nitrogen and oxygen atoms in total. The van der Waals surface area contributed by atoms with Crippen molar-refractivity contribution in [3.05, 3.63) is 17.8 Å². The van der Waals surface area contributed by atoms with Gasteiger partial charge in [-0.3, -0.25) is 4.90 Å². The second-order valence-electron chi connectivity index (χ2n) is 4.49. The van der Waals surface area contributed by atoms with Crippen molar-refractivity contribution in [3.8, 4) is 0 Å². The zero-order valence-electron chi connectivity index (χ0n) is 9.39. The number of hydrogen-bond acceptors (Lipinski definition) is 4. The molecule has 1 atom stereocenters. The molecule has 2 aliphatic rings. The van der Waals surface area contributed by atoms with Crippen LogP contribution in [0.3, 0.4) is 0 Å². The molecule has 6 heteroatoms. The molecule has 1 aliphatic heterocycles. The average molecular weight is 237 g/mol. The highest BCUT2D eigenvalue weighted by Gasteiger charge is 2.44. The highest BCUT2D eigenvalue weighted by Crippen LogP contribution is 2.39. The Morgan fingerprint density at radius 2 is 2.24 bits per heavy atom. The first-order chi connectivity index (χ1) is 8.15.